The molecular formula is C10H16BrNO3. The summed E-state index contributed by atoms with van der Waals surface area (Å²) in [5.41, 5.74) is 0. The molecule has 86 valence electrons. The minimum absolute atomic E-state index is 0.0564. The SMILES string of the molecule is COCC(O)CNC(C)c1occc1Br. The summed E-state index contributed by atoms with van der Waals surface area (Å²) >= 11 is 3.38. The Balaban J connectivity index is 2.36. The average molecular weight is 278 g/mol. The van der Waals surface area contributed by atoms with Gasteiger partial charge in [-0.25, -0.2) is 0 Å². The number of aliphatic hydroxyl groups is 1. The highest BCUT2D eigenvalue weighted by Crippen LogP contribution is 2.23. The molecular weight excluding hydrogens is 262 g/mol. The zero-order valence-electron chi connectivity index (χ0n) is 8.87. The number of hydrogen-bond acceptors (Lipinski definition) is 4. The molecule has 2 atom stereocenters. The van der Waals surface area contributed by atoms with Gasteiger partial charge in [0.25, 0.3) is 0 Å². The van der Waals surface area contributed by atoms with Crippen molar-refractivity contribution in [2.24, 2.45) is 0 Å². The van der Waals surface area contributed by atoms with Crippen LogP contribution in [-0.4, -0.2) is 31.5 Å². The number of aliphatic hydroxyl groups excluding tert-OH is 1. The molecule has 4 nitrogen and oxygen atoms in total. The Morgan fingerprint density at radius 2 is 2.40 bits per heavy atom. The number of furan rings is 1. The lowest BCUT2D eigenvalue weighted by Crippen LogP contribution is -2.31. The zero-order valence-corrected chi connectivity index (χ0v) is 10.5. The first kappa shape index (κ1) is 12.7. The van der Waals surface area contributed by atoms with Gasteiger partial charge in [-0.05, 0) is 28.9 Å². The highest BCUT2D eigenvalue weighted by Gasteiger charge is 2.13. The summed E-state index contributed by atoms with van der Waals surface area (Å²) in [6.45, 7) is 2.78. The summed E-state index contributed by atoms with van der Waals surface area (Å²) in [5, 5.41) is 12.6. The molecule has 1 heterocycles. The fourth-order valence-electron chi connectivity index (χ4n) is 1.27. The van der Waals surface area contributed by atoms with Crippen molar-refractivity contribution in [2.45, 2.75) is 19.1 Å². The first-order valence-corrected chi connectivity index (χ1v) is 5.57. The summed E-state index contributed by atoms with van der Waals surface area (Å²) < 4.78 is 11.1. The van der Waals surface area contributed by atoms with Crippen molar-refractivity contribution in [1.82, 2.24) is 5.32 Å². The summed E-state index contributed by atoms with van der Waals surface area (Å²) in [4.78, 5) is 0. The lowest BCUT2D eigenvalue weighted by molar-refractivity contribution is 0.0626. The number of hydrogen-bond donors (Lipinski definition) is 2. The average Bonchev–Trinajstić information content (AvgIpc) is 2.61. The van der Waals surface area contributed by atoms with Gasteiger partial charge in [0.15, 0.2) is 0 Å². The van der Waals surface area contributed by atoms with E-state index >= 15 is 0 Å². The summed E-state index contributed by atoms with van der Waals surface area (Å²) in [6.07, 6.45) is 1.13. The molecule has 0 saturated carbocycles. The van der Waals surface area contributed by atoms with E-state index in [1.165, 1.54) is 0 Å². The Bertz CT molecular complexity index is 290. The molecule has 2 N–H and O–H groups in total. The van der Waals surface area contributed by atoms with Gasteiger partial charge in [0.2, 0.25) is 0 Å². The van der Waals surface area contributed by atoms with Crippen LogP contribution in [0.25, 0.3) is 0 Å². The Morgan fingerprint density at radius 1 is 1.67 bits per heavy atom. The van der Waals surface area contributed by atoms with Crippen molar-refractivity contribution in [3.8, 4) is 0 Å². The highest BCUT2D eigenvalue weighted by molar-refractivity contribution is 9.10. The lowest BCUT2D eigenvalue weighted by Gasteiger charge is -2.15. The quantitative estimate of drug-likeness (QED) is 0.831. The first-order chi connectivity index (χ1) is 7.15. The molecule has 15 heavy (non-hydrogen) atoms. The lowest BCUT2D eigenvalue weighted by atomic mass is 10.2. The molecule has 0 radical (unpaired) electrons. The van der Waals surface area contributed by atoms with Gasteiger partial charge in [-0.15, -0.1) is 0 Å². The van der Waals surface area contributed by atoms with Gasteiger partial charge in [0, 0.05) is 13.7 Å². The van der Waals surface area contributed by atoms with Crippen LogP contribution in [0.5, 0.6) is 0 Å². The maximum absolute atomic E-state index is 9.44. The molecule has 1 aromatic rings. The molecule has 0 aliphatic heterocycles. The smallest absolute Gasteiger partial charge is 0.134 e. The van der Waals surface area contributed by atoms with Crippen LogP contribution in [0, 0.1) is 0 Å². The normalized spacial score (nSPS) is 15.2. The third kappa shape index (κ3) is 3.95. The van der Waals surface area contributed by atoms with Gasteiger partial charge in [0.1, 0.15) is 5.76 Å². The first-order valence-electron chi connectivity index (χ1n) is 4.78. The minimum Gasteiger partial charge on any atom is -0.466 e. The Labute approximate surface area is 97.7 Å². The van der Waals surface area contributed by atoms with E-state index in [2.05, 4.69) is 21.2 Å². The monoisotopic (exact) mass is 277 g/mol. The number of ether oxygens (including phenoxy) is 1. The van der Waals surface area contributed by atoms with Crippen LogP contribution in [0.1, 0.15) is 18.7 Å². The van der Waals surface area contributed by atoms with E-state index in [-0.39, 0.29) is 6.04 Å². The van der Waals surface area contributed by atoms with Gasteiger partial charge < -0.3 is 19.6 Å². The molecule has 0 aromatic carbocycles. The van der Waals surface area contributed by atoms with Crippen LogP contribution < -0.4 is 5.32 Å². The maximum Gasteiger partial charge on any atom is 0.134 e. The molecule has 0 amide bonds. The van der Waals surface area contributed by atoms with E-state index in [0.717, 1.165) is 10.2 Å². The van der Waals surface area contributed by atoms with Crippen LogP contribution in [0.4, 0.5) is 0 Å². The van der Waals surface area contributed by atoms with E-state index in [4.69, 9.17) is 9.15 Å². The van der Waals surface area contributed by atoms with Crippen LogP contribution in [-0.2, 0) is 4.74 Å². The summed E-state index contributed by atoms with van der Waals surface area (Å²) in [6, 6.07) is 1.90. The summed E-state index contributed by atoms with van der Waals surface area (Å²) in [5.74, 6) is 0.833. The van der Waals surface area contributed by atoms with Crippen LogP contribution >= 0.6 is 15.9 Å². The van der Waals surface area contributed by atoms with Crippen LogP contribution in [0.15, 0.2) is 21.2 Å². The standard InChI is InChI=1S/C10H16BrNO3/c1-7(10-9(11)3-4-15-10)12-5-8(13)6-14-2/h3-4,7-8,12-13H,5-6H2,1-2H3. The molecule has 0 fully saturated rings. The van der Waals surface area contributed by atoms with E-state index in [1.54, 1.807) is 13.4 Å². The largest absolute Gasteiger partial charge is 0.466 e. The maximum atomic E-state index is 9.44. The number of halogens is 1. The number of rotatable bonds is 6. The van der Waals surface area contributed by atoms with Gasteiger partial charge in [0.05, 0.1) is 29.5 Å². The van der Waals surface area contributed by atoms with Gasteiger partial charge in [-0.3, -0.25) is 0 Å². The molecule has 0 aliphatic rings. The summed E-state index contributed by atoms with van der Waals surface area (Å²) in [7, 11) is 1.57. The van der Waals surface area contributed by atoms with Crippen molar-refractivity contribution in [3.63, 3.8) is 0 Å². The van der Waals surface area contributed by atoms with Crippen molar-refractivity contribution >= 4 is 15.9 Å². The van der Waals surface area contributed by atoms with E-state index in [0.29, 0.717) is 13.2 Å². The van der Waals surface area contributed by atoms with Crippen molar-refractivity contribution in [1.29, 1.82) is 0 Å². The van der Waals surface area contributed by atoms with E-state index in [1.807, 2.05) is 13.0 Å². The van der Waals surface area contributed by atoms with Gasteiger partial charge >= 0.3 is 0 Å². The second-order valence-corrected chi connectivity index (χ2v) is 4.23. The van der Waals surface area contributed by atoms with Crippen molar-refractivity contribution in [3.05, 3.63) is 22.6 Å². The minimum atomic E-state index is -0.494. The van der Waals surface area contributed by atoms with Gasteiger partial charge in [-0.2, -0.15) is 0 Å². The van der Waals surface area contributed by atoms with Crippen molar-refractivity contribution in [2.75, 3.05) is 20.3 Å². The fourth-order valence-corrected chi connectivity index (χ4v) is 1.82. The molecule has 0 spiro atoms. The molecule has 2 unspecified atom stereocenters. The van der Waals surface area contributed by atoms with Gasteiger partial charge in [-0.1, -0.05) is 0 Å². The molecule has 0 aliphatic carbocycles. The topological polar surface area (TPSA) is 54.6 Å². The van der Waals surface area contributed by atoms with E-state index < -0.39 is 6.10 Å². The fraction of sp³-hybridized carbons (Fsp3) is 0.600. The Morgan fingerprint density at radius 3 is 2.93 bits per heavy atom. The predicted octanol–water partition coefficient (Wildman–Crippen LogP) is 1.70. The molecule has 0 bridgehead atoms. The third-order valence-corrected chi connectivity index (χ3v) is 2.71. The predicted molar refractivity (Wildman–Crippen MR) is 60.7 cm³/mol. The third-order valence-electron chi connectivity index (χ3n) is 2.06. The second kappa shape index (κ2) is 6.27. The molecule has 5 heteroatoms. The molecule has 1 rings (SSSR count). The number of nitrogens with one attached hydrogen (secondary N) is 1. The Hall–Kier alpha value is -0.360. The zero-order chi connectivity index (χ0) is 11.3. The number of methoxy groups -OCH3 is 1. The van der Waals surface area contributed by atoms with Crippen LogP contribution in [0.2, 0.25) is 0 Å². The second-order valence-electron chi connectivity index (χ2n) is 3.37. The Kier molecular flexibility index (Phi) is 5.31. The van der Waals surface area contributed by atoms with Crippen LogP contribution in [0.3, 0.4) is 0 Å². The van der Waals surface area contributed by atoms with E-state index in [9.17, 15) is 5.11 Å². The molecule has 0 saturated heterocycles. The molecule has 1 aromatic heterocycles. The highest BCUT2D eigenvalue weighted by atomic mass is 79.9. The van der Waals surface area contributed by atoms with Crippen molar-refractivity contribution < 1.29 is 14.3 Å².